The predicted octanol–water partition coefficient (Wildman–Crippen LogP) is 0.431. The fourth-order valence-electron chi connectivity index (χ4n) is 1.48. The molecule has 0 heterocycles. The van der Waals surface area contributed by atoms with Crippen molar-refractivity contribution in [1.82, 2.24) is 0 Å². The molecule has 0 aliphatic carbocycles. The quantitative estimate of drug-likeness (QED) is 0.236. The van der Waals surface area contributed by atoms with Crippen molar-refractivity contribution in [3.05, 3.63) is 6.42 Å². The first-order chi connectivity index (χ1) is 7.31. The SMILES string of the molecule is C[CH-]CC(C)CCCOCOCCCC.[Cl-].[Mg+2]. The minimum atomic E-state index is 0. The molecule has 100 valence electrons. The van der Waals surface area contributed by atoms with E-state index in [9.17, 15) is 0 Å². The van der Waals surface area contributed by atoms with Crippen LogP contribution in [0.5, 0.6) is 0 Å². The zero-order valence-electron chi connectivity index (χ0n) is 11.7. The van der Waals surface area contributed by atoms with E-state index in [-0.39, 0.29) is 35.5 Å². The average Bonchev–Trinajstić information content (AvgIpc) is 2.22. The van der Waals surface area contributed by atoms with Crippen LogP contribution >= 0.6 is 0 Å². The van der Waals surface area contributed by atoms with Crippen molar-refractivity contribution in [2.24, 2.45) is 5.92 Å². The Labute approximate surface area is 130 Å². The zero-order valence-corrected chi connectivity index (χ0v) is 13.9. The normalized spacial score (nSPS) is 11.5. The zero-order chi connectivity index (χ0) is 11.4. The smallest absolute Gasteiger partial charge is 1.00 e. The van der Waals surface area contributed by atoms with E-state index in [1.54, 1.807) is 0 Å². The van der Waals surface area contributed by atoms with Crippen molar-refractivity contribution >= 4 is 23.1 Å². The van der Waals surface area contributed by atoms with Crippen LogP contribution in [0.25, 0.3) is 0 Å². The molecule has 0 fully saturated rings. The molecule has 0 aromatic carbocycles. The molecule has 0 aromatic rings. The molecular formula is C13H27ClMgO2. The maximum atomic E-state index is 5.38. The van der Waals surface area contributed by atoms with Crippen LogP contribution in [0.3, 0.4) is 0 Å². The molecule has 0 N–H and O–H groups in total. The maximum Gasteiger partial charge on any atom is 2.00 e. The van der Waals surface area contributed by atoms with Gasteiger partial charge in [-0.05, 0) is 12.8 Å². The first-order valence-corrected chi connectivity index (χ1v) is 6.24. The fourth-order valence-corrected chi connectivity index (χ4v) is 1.48. The number of unbranched alkanes of at least 4 members (excludes halogenated alkanes) is 1. The van der Waals surface area contributed by atoms with E-state index in [0.29, 0.717) is 6.79 Å². The fraction of sp³-hybridized carbons (Fsp3) is 0.923. The van der Waals surface area contributed by atoms with Crippen LogP contribution in [-0.2, 0) is 9.47 Å². The van der Waals surface area contributed by atoms with Crippen LogP contribution in [-0.4, -0.2) is 43.1 Å². The van der Waals surface area contributed by atoms with Gasteiger partial charge in [-0.3, -0.25) is 0 Å². The molecule has 0 aromatic heterocycles. The van der Waals surface area contributed by atoms with Crippen LogP contribution in [0, 0.1) is 12.3 Å². The second kappa shape index (κ2) is 19.3. The Morgan fingerprint density at radius 2 is 1.71 bits per heavy atom. The molecule has 0 aliphatic heterocycles. The Balaban J connectivity index is -0.000000980. The molecule has 17 heavy (non-hydrogen) atoms. The van der Waals surface area contributed by atoms with Gasteiger partial charge in [0.25, 0.3) is 0 Å². The van der Waals surface area contributed by atoms with E-state index >= 15 is 0 Å². The van der Waals surface area contributed by atoms with Crippen LogP contribution in [0.1, 0.15) is 52.9 Å². The first kappa shape index (κ1) is 23.1. The van der Waals surface area contributed by atoms with Gasteiger partial charge in [0, 0.05) is 13.2 Å². The minimum absolute atomic E-state index is 0. The summed E-state index contributed by atoms with van der Waals surface area (Å²) in [6.07, 6.45) is 8.16. The summed E-state index contributed by atoms with van der Waals surface area (Å²) in [5, 5.41) is 0. The molecule has 1 atom stereocenters. The van der Waals surface area contributed by atoms with Crippen molar-refractivity contribution < 1.29 is 21.9 Å². The van der Waals surface area contributed by atoms with Gasteiger partial charge in [0.1, 0.15) is 6.79 Å². The van der Waals surface area contributed by atoms with Gasteiger partial charge < -0.3 is 28.3 Å². The third-order valence-electron chi connectivity index (χ3n) is 2.43. The topological polar surface area (TPSA) is 18.5 Å². The van der Waals surface area contributed by atoms with Crippen molar-refractivity contribution in [2.75, 3.05) is 20.0 Å². The van der Waals surface area contributed by atoms with Gasteiger partial charge in [-0.15, -0.1) is 0 Å². The Kier molecular flexibility index (Phi) is 26.2. The summed E-state index contributed by atoms with van der Waals surface area (Å²) in [5.41, 5.74) is 0. The second-order valence-corrected chi connectivity index (χ2v) is 4.18. The van der Waals surface area contributed by atoms with Crippen molar-refractivity contribution in [2.45, 2.75) is 52.9 Å². The Bertz CT molecular complexity index is 126. The molecule has 2 nitrogen and oxygen atoms in total. The molecular weight excluding hydrogens is 248 g/mol. The van der Waals surface area contributed by atoms with Gasteiger partial charge >= 0.3 is 23.1 Å². The van der Waals surface area contributed by atoms with Crippen LogP contribution in [0.2, 0.25) is 0 Å². The third-order valence-corrected chi connectivity index (χ3v) is 2.43. The van der Waals surface area contributed by atoms with E-state index in [1.807, 2.05) is 0 Å². The largest absolute Gasteiger partial charge is 2.00 e. The number of hydrogen-bond acceptors (Lipinski definition) is 2. The summed E-state index contributed by atoms with van der Waals surface area (Å²) in [5.74, 6) is 0.791. The van der Waals surface area contributed by atoms with Crippen LogP contribution in [0.4, 0.5) is 0 Å². The first-order valence-electron chi connectivity index (χ1n) is 6.24. The molecule has 0 saturated carbocycles. The summed E-state index contributed by atoms with van der Waals surface area (Å²) in [6, 6.07) is 0. The molecule has 0 spiro atoms. The van der Waals surface area contributed by atoms with Crippen molar-refractivity contribution in [1.29, 1.82) is 0 Å². The molecule has 4 heteroatoms. The van der Waals surface area contributed by atoms with Crippen LogP contribution < -0.4 is 12.4 Å². The summed E-state index contributed by atoms with van der Waals surface area (Å²) in [4.78, 5) is 0. The second-order valence-electron chi connectivity index (χ2n) is 4.18. The van der Waals surface area contributed by atoms with Gasteiger partial charge in [0.15, 0.2) is 0 Å². The van der Waals surface area contributed by atoms with Gasteiger partial charge in [-0.1, -0.05) is 32.6 Å². The van der Waals surface area contributed by atoms with E-state index in [1.165, 1.54) is 19.3 Å². The van der Waals surface area contributed by atoms with Gasteiger partial charge in [0.05, 0.1) is 0 Å². The molecule has 0 rings (SSSR count). The van der Waals surface area contributed by atoms with E-state index in [4.69, 9.17) is 9.47 Å². The summed E-state index contributed by atoms with van der Waals surface area (Å²) < 4.78 is 10.7. The van der Waals surface area contributed by atoms with Gasteiger partial charge in [0.2, 0.25) is 0 Å². The Hall–Kier alpha value is 0.976. The molecule has 0 aliphatic rings. The summed E-state index contributed by atoms with van der Waals surface area (Å²) >= 11 is 0. The maximum absolute atomic E-state index is 5.38. The van der Waals surface area contributed by atoms with E-state index in [0.717, 1.165) is 32.0 Å². The summed E-state index contributed by atoms with van der Waals surface area (Å²) in [7, 11) is 0. The monoisotopic (exact) mass is 274 g/mol. The third kappa shape index (κ3) is 19.5. The molecule has 0 radical (unpaired) electrons. The standard InChI is InChI=1S/C13H27O2.ClH.Mg/c1-4-6-10-14-12-15-11-7-9-13(3)8-5-2;;/h5,13H,4,6-12H2,1-3H3;1H;/q-1;;+2/p-1. The molecule has 0 amide bonds. The minimum Gasteiger partial charge on any atom is -1.00 e. The van der Waals surface area contributed by atoms with Gasteiger partial charge in [-0.25, -0.2) is 0 Å². The Morgan fingerprint density at radius 1 is 1.12 bits per heavy atom. The summed E-state index contributed by atoms with van der Waals surface area (Å²) in [6.45, 7) is 8.70. The average molecular weight is 275 g/mol. The number of ether oxygens (including phenoxy) is 2. The number of halogens is 1. The van der Waals surface area contributed by atoms with Crippen LogP contribution in [0.15, 0.2) is 0 Å². The molecule has 0 bridgehead atoms. The Morgan fingerprint density at radius 3 is 2.24 bits per heavy atom. The number of hydrogen-bond donors (Lipinski definition) is 0. The van der Waals surface area contributed by atoms with Crippen molar-refractivity contribution in [3.63, 3.8) is 0 Å². The van der Waals surface area contributed by atoms with Crippen molar-refractivity contribution in [3.8, 4) is 0 Å². The van der Waals surface area contributed by atoms with E-state index in [2.05, 4.69) is 27.2 Å². The van der Waals surface area contributed by atoms with E-state index < -0.39 is 0 Å². The molecule has 0 saturated heterocycles. The predicted molar refractivity (Wildman–Crippen MR) is 70.4 cm³/mol. The molecule has 1 unspecified atom stereocenters. The number of rotatable bonds is 11. The van der Waals surface area contributed by atoms with Gasteiger partial charge in [-0.2, -0.15) is 13.3 Å².